The molecule has 0 aliphatic rings. The molecule has 0 radical (unpaired) electrons. The Labute approximate surface area is 144 Å². The summed E-state index contributed by atoms with van der Waals surface area (Å²) < 4.78 is 4.85. The second-order valence-electron chi connectivity index (χ2n) is 5.35. The Hall–Kier alpha value is -3.22. The fraction of sp³-hybridized carbons (Fsp3) is 0.222. The molecule has 7 nitrogen and oxygen atoms in total. The summed E-state index contributed by atoms with van der Waals surface area (Å²) in [4.78, 5) is 34.7. The van der Waals surface area contributed by atoms with Crippen LogP contribution in [-0.2, 0) is 4.74 Å². The number of esters is 1. The Balaban J connectivity index is 2.28. The summed E-state index contributed by atoms with van der Waals surface area (Å²) in [6.45, 7) is 3.56. The average Bonchev–Trinajstić information content (AvgIpc) is 2.62. The highest BCUT2D eigenvalue weighted by molar-refractivity contribution is 5.99. The maximum absolute atomic E-state index is 12.5. The van der Waals surface area contributed by atoms with Crippen molar-refractivity contribution in [3.05, 3.63) is 75.3 Å². The highest BCUT2D eigenvalue weighted by Gasteiger charge is 2.19. The number of ether oxygens (including phenoxy) is 1. The number of nitro groups is 1. The first-order valence-electron chi connectivity index (χ1n) is 7.74. The van der Waals surface area contributed by atoms with Crippen LogP contribution in [0.2, 0.25) is 0 Å². The molecule has 1 N–H and O–H groups in total. The molecule has 0 fully saturated rings. The number of nitrogens with one attached hydrogen (secondary N) is 1. The van der Waals surface area contributed by atoms with Crippen LogP contribution in [-0.4, -0.2) is 23.4 Å². The monoisotopic (exact) mass is 342 g/mol. The van der Waals surface area contributed by atoms with Crippen LogP contribution in [0.3, 0.4) is 0 Å². The SMILES string of the molecule is CCOC(=O)c1cc(C(=O)N[C@@H](C)c2ccccc2)cc([N+](=O)[O-])c1. The zero-order chi connectivity index (χ0) is 18.4. The Morgan fingerprint density at radius 2 is 1.80 bits per heavy atom. The number of non-ortho nitro benzene ring substituents is 1. The Kier molecular flexibility index (Phi) is 5.84. The lowest BCUT2D eigenvalue weighted by atomic mass is 10.1. The van der Waals surface area contributed by atoms with Crippen LogP contribution >= 0.6 is 0 Å². The smallest absolute Gasteiger partial charge is 0.338 e. The Morgan fingerprint density at radius 1 is 1.16 bits per heavy atom. The number of benzene rings is 2. The van der Waals surface area contributed by atoms with Crippen LogP contribution in [0.25, 0.3) is 0 Å². The van der Waals surface area contributed by atoms with Crippen molar-refractivity contribution in [2.45, 2.75) is 19.9 Å². The fourth-order valence-electron chi connectivity index (χ4n) is 2.28. The Bertz CT molecular complexity index is 789. The molecule has 7 heteroatoms. The summed E-state index contributed by atoms with van der Waals surface area (Å²) in [6.07, 6.45) is 0. The van der Waals surface area contributed by atoms with Crippen molar-refractivity contribution < 1.29 is 19.2 Å². The zero-order valence-electron chi connectivity index (χ0n) is 13.9. The number of carbonyl (C=O) groups is 2. The van der Waals surface area contributed by atoms with E-state index in [0.717, 1.165) is 17.7 Å². The standard InChI is InChI=1S/C18H18N2O5/c1-3-25-18(22)15-9-14(10-16(11-15)20(23)24)17(21)19-12(2)13-7-5-4-6-8-13/h4-12H,3H2,1-2H3,(H,19,21)/t12-/m0/s1. The predicted octanol–water partition coefficient (Wildman–Crippen LogP) is 3.26. The van der Waals surface area contributed by atoms with Gasteiger partial charge in [0.1, 0.15) is 0 Å². The largest absolute Gasteiger partial charge is 0.462 e. The van der Waals surface area contributed by atoms with Crippen molar-refractivity contribution in [2.75, 3.05) is 6.61 Å². The molecule has 0 spiro atoms. The first kappa shape index (κ1) is 18.1. The van der Waals surface area contributed by atoms with Crippen LogP contribution in [0.1, 0.15) is 46.2 Å². The van der Waals surface area contributed by atoms with E-state index in [1.54, 1.807) is 13.8 Å². The van der Waals surface area contributed by atoms with Gasteiger partial charge in [0.05, 0.1) is 23.1 Å². The van der Waals surface area contributed by atoms with Gasteiger partial charge in [0.15, 0.2) is 0 Å². The van der Waals surface area contributed by atoms with Gasteiger partial charge in [0.25, 0.3) is 11.6 Å². The van der Waals surface area contributed by atoms with E-state index in [0.29, 0.717) is 0 Å². The third-order valence-corrected chi connectivity index (χ3v) is 3.55. The van der Waals surface area contributed by atoms with Crippen LogP contribution < -0.4 is 5.32 Å². The molecule has 0 bridgehead atoms. The number of amides is 1. The molecule has 1 atom stereocenters. The molecular formula is C18H18N2O5. The number of carbonyl (C=O) groups excluding carboxylic acids is 2. The predicted molar refractivity (Wildman–Crippen MR) is 91.4 cm³/mol. The molecule has 0 saturated carbocycles. The summed E-state index contributed by atoms with van der Waals surface area (Å²) in [7, 11) is 0. The van der Waals surface area contributed by atoms with Gasteiger partial charge in [0.2, 0.25) is 0 Å². The third-order valence-electron chi connectivity index (χ3n) is 3.55. The quantitative estimate of drug-likeness (QED) is 0.493. The first-order valence-corrected chi connectivity index (χ1v) is 7.74. The minimum Gasteiger partial charge on any atom is -0.462 e. The molecule has 0 unspecified atom stereocenters. The molecule has 0 heterocycles. The normalized spacial score (nSPS) is 11.4. The van der Waals surface area contributed by atoms with Crippen molar-refractivity contribution in [1.29, 1.82) is 0 Å². The van der Waals surface area contributed by atoms with Crippen molar-refractivity contribution in [1.82, 2.24) is 5.32 Å². The van der Waals surface area contributed by atoms with Gasteiger partial charge in [-0.3, -0.25) is 14.9 Å². The van der Waals surface area contributed by atoms with Gasteiger partial charge in [-0.2, -0.15) is 0 Å². The highest BCUT2D eigenvalue weighted by atomic mass is 16.6. The molecule has 0 aromatic heterocycles. The molecule has 2 rings (SSSR count). The number of hydrogen-bond acceptors (Lipinski definition) is 5. The summed E-state index contributed by atoms with van der Waals surface area (Å²) in [5, 5.41) is 13.8. The number of nitro benzene ring substituents is 1. The lowest BCUT2D eigenvalue weighted by Crippen LogP contribution is -2.27. The average molecular weight is 342 g/mol. The van der Waals surface area contributed by atoms with Crippen LogP contribution in [0.5, 0.6) is 0 Å². The molecule has 0 saturated heterocycles. The van der Waals surface area contributed by atoms with Crippen molar-refractivity contribution in [2.24, 2.45) is 0 Å². The maximum Gasteiger partial charge on any atom is 0.338 e. The number of nitrogens with zero attached hydrogens (tertiary/aromatic N) is 1. The molecular weight excluding hydrogens is 324 g/mol. The van der Waals surface area contributed by atoms with E-state index in [-0.39, 0.29) is 29.5 Å². The molecule has 130 valence electrons. The molecule has 0 aliphatic heterocycles. The highest BCUT2D eigenvalue weighted by Crippen LogP contribution is 2.19. The van der Waals surface area contributed by atoms with Crippen molar-refractivity contribution in [3.63, 3.8) is 0 Å². The lowest BCUT2D eigenvalue weighted by molar-refractivity contribution is -0.384. The van der Waals surface area contributed by atoms with Gasteiger partial charge in [-0.25, -0.2) is 4.79 Å². The molecule has 2 aromatic carbocycles. The Morgan fingerprint density at radius 3 is 2.40 bits per heavy atom. The van der Waals surface area contributed by atoms with Crippen LogP contribution in [0.15, 0.2) is 48.5 Å². The van der Waals surface area contributed by atoms with E-state index in [4.69, 9.17) is 4.74 Å². The van der Waals surface area contributed by atoms with E-state index in [9.17, 15) is 19.7 Å². The maximum atomic E-state index is 12.5. The van der Waals surface area contributed by atoms with E-state index in [1.165, 1.54) is 6.07 Å². The molecule has 25 heavy (non-hydrogen) atoms. The van der Waals surface area contributed by atoms with Crippen molar-refractivity contribution in [3.8, 4) is 0 Å². The van der Waals surface area contributed by atoms with E-state index < -0.39 is 16.8 Å². The van der Waals surface area contributed by atoms with Gasteiger partial charge in [-0.1, -0.05) is 30.3 Å². The van der Waals surface area contributed by atoms with Crippen LogP contribution in [0, 0.1) is 10.1 Å². The lowest BCUT2D eigenvalue weighted by Gasteiger charge is -2.14. The number of hydrogen-bond donors (Lipinski definition) is 1. The van der Waals surface area contributed by atoms with Gasteiger partial charge >= 0.3 is 5.97 Å². The summed E-state index contributed by atoms with van der Waals surface area (Å²) in [6, 6.07) is 12.5. The summed E-state index contributed by atoms with van der Waals surface area (Å²) in [5.41, 5.74) is 0.545. The van der Waals surface area contributed by atoms with Gasteiger partial charge in [-0.05, 0) is 25.5 Å². The first-order chi connectivity index (χ1) is 11.9. The van der Waals surface area contributed by atoms with Crippen LogP contribution in [0.4, 0.5) is 5.69 Å². The minimum absolute atomic E-state index is 0.0278. The number of rotatable bonds is 6. The fourth-order valence-corrected chi connectivity index (χ4v) is 2.28. The molecule has 1 amide bonds. The van der Waals surface area contributed by atoms with E-state index in [1.807, 2.05) is 30.3 Å². The topological polar surface area (TPSA) is 98.5 Å². The second-order valence-corrected chi connectivity index (χ2v) is 5.35. The van der Waals surface area contributed by atoms with Gasteiger partial charge in [-0.15, -0.1) is 0 Å². The van der Waals surface area contributed by atoms with Crippen molar-refractivity contribution >= 4 is 17.6 Å². The zero-order valence-corrected chi connectivity index (χ0v) is 13.9. The molecule has 0 aliphatic carbocycles. The second kappa shape index (κ2) is 8.05. The van der Waals surface area contributed by atoms with E-state index >= 15 is 0 Å². The third kappa shape index (κ3) is 4.63. The van der Waals surface area contributed by atoms with E-state index in [2.05, 4.69) is 5.32 Å². The summed E-state index contributed by atoms with van der Waals surface area (Å²) in [5.74, 6) is -1.22. The van der Waals surface area contributed by atoms with Gasteiger partial charge in [0, 0.05) is 17.7 Å². The molecule has 2 aromatic rings. The van der Waals surface area contributed by atoms with Gasteiger partial charge < -0.3 is 10.1 Å². The summed E-state index contributed by atoms with van der Waals surface area (Å²) >= 11 is 0. The minimum atomic E-state index is -0.712.